The zero-order valence-corrected chi connectivity index (χ0v) is 9.22. The SMILES string of the molecule is CCc1nc(C(C)(N)C2CC2)[nH]c1C. The Hall–Kier alpha value is -0.830. The van der Waals surface area contributed by atoms with E-state index in [0.29, 0.717) is 5.92 Å². The van der Waals surface area contributed by atoms with Crippen LogP contribution in [0.15, 0.2) is 0 Å². The van der Waals surface area contributed by atoms with E-state index in [-0.39, 0.29) is 5.54 Å². The fraction of sp³-hybridized carbons (Fsp3) is 0.727. The van der Waals surface area contributed by atoms with Gasteiger partial charge in [-0.3, -0.25) is 0 Å². The van der Waals surface area contributed by atoms with Crippen molar-refractivity contribution in [2.45, 2.75) is 45.6 Å². The number of H-pyrrole nitrogens is 1. The quantitative estimate of drug-likeness (QED) is 0.770. The topological polar surface area (TPSA) is 54.7 Å². The van der Waals surface area contributed by atoms with Gasteiger partial charge in [0.2, 0.25) is 0 Å². The molecule has 3 N–H and O–H groups in total. The van der Waals surface area contributed by atoms with Gasteiger partial charge in [-0.05, 0) is 39.0 Å². The van der Waals surface area contributed by atoms with Gasteiger partial charge in [0.25, 0.3) is 0 Å². The molecule has 1 atom stereocenters. The molecule has 3 heteroatoms. The number of nitrogens with two attached hydrogens (primary N) is 1. The smallest absolute Gasteiger partial charge is 0.126 e. The molecule has 3 nitrogen and oxygen atoms in total. The average Bonchev–Trinajstić information content (AvgIpc) is 2.90. The molecule has 14 heavy (non-hydrogen) atoms. The van der Waals surface area contributed by atoms with Crippen molar-refractivity contribution in [3.63, 3.8) is 0 Å². The minimum atomic E-state index is -0.252. The van der Waals surface area contributed by atoms with Crippen LogP contribution in [0.3, 0.4) is 0 Å². The Morgan fingerprint density at radius 1 is 1.57 bits per heavy atom. The lowest BCUT2D eigenvalue weighted by atomic mass is 9.97. The summed E-state index contributed by atoms with van der Waals surface area (Å²) in [7, 11) is 0. The Balaban J connectivity index is 2.31. The minimum Gasteiger partial charge on any atom is -0.344 e. The lowest BCUT2D eigenvalue weighted by Crippen LogP contribution is -2.36. The highest BCUT2D eigenvalue weighted by Crippen LogP contribution is 2.42. The molecule has 0 aromatic carbocycles. The number of aromatic nitrogens is 2. The van der Waals surface area contributed by atoms with E-state index < -0.39 is 0 Å². The molecule has 2 rings (SSSR count). The van der Waals surface area contributed by atoms with Gasteiger partial charge >= 0.3 is 0 Å². The van der Waals surface area contributed by atoms with Gasteiger partial charge in [0.15, 0.2) is 0 Å². The van der Waals surface area contributed by atoms with Crippen molar-refractivity contribution in [2.75, 3.05) is 0 Å². The highest BCUT2D eigenvalue weighted by Gasteiger charge is 2.41. The molecule has 1 aliphatic rings. The number of hydrogen-bond acceptors (Lipinski definition) is 2. The van der Waals surface area contributed by atoms with E-state index >= 15 is 0 Å². The van der Waals surface area contributed by atoms with E-state index in [1.54, 1.807) is 0 Å². The molecule has 0 spiro atoms. The third-order valence-electron chi connectivity index (χ3n) is 3.26. The third kappa shape index (κ3) is 1.46. The van der Waals surface area contributed by atoms with Crippen LogP contribution in [0, 0.1) is 12.8 Å². The summed E-state index contributed by atoms with van der Waals surface area (Å²) in [6, 6.07) is 0. The van der Waals surface area contributed by atoms with Crippen LogP contribution in [0.5, 0.6) is 0 Å². The zero-order valence-electron chi connectivity index (χ0n) is 9.22. The first-order chi connectivity index (χ1) is 6.55. The molecular formula is C11H19N3. The van der Waals surface area contributed by atoms with Gasteiger partial charge in [-0.25, -0.2) is 4.98 Å². The molecule has 78 valence electrons. The largest absolute Gasteiger partial charge is 0.344 e. The van der Waals surface area contributed by atoms with Crippen LogP contribution >= 0.6 is 0 Å². The number of rotatable bonds is 3. The van der Waals surface area contributed by atoms with E-state index in [4.69, 9.17) is 5.73 Å². The summed E-state index contributed by atoms with van der Waals surface area (Å²) < 4.78 is 0. The Kier molecular flexibility index (Phi) is 2.14. The van der Waals surface area contributed by atoms with Gasteiger partial charge in [0.05, 0.1) is 11.2 Å². The van der Waals surface area contributed by atoms with Crippen molar-refractivity contribution >= 4 is 0 Å². The van der Waals surface area contributed by atoms with Crippen LogP contribution in [0.25, 0.3) is 0 Å². The predicted octanol–water partition coefficient (Wildman–Crippen LogP) is 1.86. The molecule has 1 unspecified atom stereocenters. The maximum absolute atomic E-state index is 6.29. The van der Waals surface area contributed by atoms with E-state index in [0.717, 1.165) is 17.9 Å². The molecule has 1 aromatic rings. The van der Waals surface area contributed by atoms with Crippen molar-refractivity contribution < 1.29 is 0 Å². The summed E-state index contributed by atoms with van der Waals surface area (Å²) in [6.07, 6.45) is 3.46. The number of nitrogens with zero attached hydrogens (tertiary/aromatic N) is 1. The summed E-state index contributed by atoms with van der Waals surface area (Å²) in [5, 5.41) is 0. The second-order valence-electron chi connectivity index (χ2n) is 4.57. The molecule has 1 saturated carbocycles. The fourth-order valence-electron chi connectivity index (χ4n) is 1.97. The Morgan fingerprint density at radius 3 is 2.64 bits per heavy atom. The van der Waals surface area contributed by atoms with Gasteiger partial charge in [-0.15, -0.1) is 0 Å². The molecule has 1 fully saturated rings. The number of aromatic amines is 1. The monoisotopic (exact) mass is 193 g/mol. The van der Waals surface area contributed by atoms with Gasteiger partial charge in [-0.2, -0.15) is 0 Å². The Bertz CT molecular complexity index is 334. The van der Waals surface area contributed by atoms with E-state index in [1.807, 2.05) is 0 Å². The molecule has 1 heterocycles. The van der Waals surface area contributed by atoms with Gasteiger partial charge in [-0.1, -0.05) is 6.92 Å². The molecule has 0 saturated heterocycles. The Morgan fingerprint density at radius 2 is 2.21 bits per heavy atom. The average molecular weight is 193 g/mol. The second-order valence-corrected chi connectivity index (χ2v) is 4.57. The zero-order chi connectivity index (χ0) is 10.3. The second kappa shape index (κ2) is 3.09. The summed E-state index contributed by atoms with van der Waals surface area (Å²) >= 11 is 0. The first-order valence-electron chi connectivity index (χ1n) is 5.40. The van der Waals surface area contributed by atoms with E-state index in [1.165, 1.54) is 18.5 Å². The predicted molar refractivity (Wildman–Crippen MR) is 57.0 cm³/mol. The molecule has 0 bridgehead atoms. The molecular weight excluding hydrogens is 174 g/mol. The summed E-state index contributed by atoms with van der Waals surface area (Å²) in [6.45, 7) is 6.28. The first-order valence-corrected chi connectivity index (χ1v) is 5.40. The first kappa shape index (κ1) is 9.71. The van der Waals surface area contributed by atoms with Crippen LogP contribution in [0.4, 0.5) is 0 Å². The molecule has 1 aliphatic carbocycles. The number of nitrogens with one attached hydrogen (secondary N) is 1. The lowest BCUT2D eigenvalue weighted by Gasteiger charge is -2.21. The fourth-order valence-corrected chi connectivity index (χ4v) is 1.97. The maximum Gasteiger partial charge on any atom is 0.126 e. The maximum atomic E-state index is 6.29. The van der Waals surface area contributed by atoms with Crippen molar-refractivity contribution in [1.82, 2.24) is 9.97 Å². The normalized spacial score (nSPS) is 20.9. The molecule has 1 aromatic heterocycles. The highest BCUT2D eigenvalue weighted by atomic mass is 15.0. The minimum absolute atomic E-state index is 0.252. The molecule has 0 radical (unpaired) electrons. The van der Waals surface area contributed by atoms with Crippen LogP contribution in [-0.2, 0) is 12.0 Å². The molecule has 0 aliphatic heterocycles. The summed E-state index contributed by atoms with van der Waals surface area (Å²) in [5.74, 6) is 1.59. The third-order valence-corrected chi connectivity index (χ3v) is 3.26. The molecule has 0 amide bonds. The number of aryl methyl sites for hydroxylation is 2. The van der Waals surface area contributed by atoms with Crippen molar-refractivity contribution in [1.29, 1.82) is 0 Å². The standard InChI is InChI=1S/C11H19N3/c1-4-9-7(2)13-10(14-9)11(3,12)8-5-6-8/h8H,4-6,12H2,1-3H3,(H,13,14). The Labute approximate surface area is 85.1 Å². The number of imidazole rings is 1. The summed E-state index contributed by atoms with van der Waals surface area (Å²) in [4.78, 5) is 7.90. The van der Waals surface area contributed by atoms with E-state index in [9.17, 15) is 0 Å². The van der Waals surface area contributed by atoms with Crippen molar-refractivity contribution in [2.24, 2.45) is 11.7 Å². The van der Waals surface area contributed by atoms with E-state index in [2.05, 4.69) is 30.7 Å². The number of hydrogen-bond donors (Lipinski definition) is 2. The van der Waals surface area contributed by atoms with Crippen LogP contribution in [0.1, 0.15) is 43.9 Å². The van der Waals surface area contributed by atoms with Gasteiger partial charge in [0.1, 0.15) is 5.82 Å². The van der Waals surface area contributed by atoms with Crippen molar-refractivity contribution in [3.05, 3.63) is 17.2 Å². The summed E-state index contributed by atoms with van der Waals surface area (Å²) in [5.41, 5.74) is 8.35. The van der Waals surface area contributed by atoms with Crippen LogP contribution < -0.4 is 5.73 Å². The van der Waals surface area contributed by atoms with Crippen LogP contribution in [0.2, 0.25) is 0 Å². The van der Waals surface area contributed by atoms with Gasteiger partial charge in [0, 0.05) is 5.69 Å². The van der Waals surface area contributed by atoms with Crippen molar-refractivity contribution in [3.8, 4) is 0 Å². The highest BCUT2D eigenvalue weighted by molar-refractivity contribution is 5.19. The van der Waals surface area contributed by atoms with Gasteiger partial charge < -0.3 is 10.7 Å². The van der Waals surface area contributed by atoms with Crippen LogP contribution in [-0.4, -0.2) is 9.97 Å². The lowest BCUT2D eigenvalue weighted by molar-refractivity contribution is 0.403.